The zero-order chi connectivity index (χ0) is 23.7. The predicted octanol–water partition coefficient (Wildman–Crippen LogP) is 6.48. The summed E-state index contributed by atoms with van der Waals surface area (Å²) < 4.78 is 0. The number of hydrogen-bond donors (Lipinski definition) is 1. The normalized spacial score (nSPS) is 19.3. The molecule has 34 heavy (non-hydrogen) atoms. The van der Waals surface area contributed by atoms with Gasteiger partial charge in [0.15, 0.2) is 5.78 Å². The van der Waals surface area contributed by atoms with Gasteiger partial charge in [-0.05, 0) is 41.7 Å². The maximum atomic E-state index is 14.0. The zero-order valence-electron chi connectivity index (χ0n) is 19.5. The Bertz CT molecular complexity index is 1290. The Labute approximate surface area is 200 Å². The van der Waals surface area contributed by atoms with E-state index in [4.69, 9.17) is 0 Å². The number of para-hydroxylation sites is 2. The number of benzene rings is 3. The van der Waals surface area contributed by atoms with E-state index in [2.05, 4.69) is 19.2 Å². The summed E-state index contributed by atoms with van der Waals surface area (Å²) in [6.45, 7) is 4.24. The number of fused-ring (bicyclic) bond motifs is 1. The standard InChI is InChI=1S/C30H28N2O2/c1-30(2)19-24-28(27(33)20-30)26(18-17-21-11-5-3-6-12-21)32(25-16-10-9-15-23(25)31-24)29(34)22-13-7-4-8-14-22/h3-18,26,31H,19-20H2,1-2H3/b18-17+/t26-/m0/s1. The molecule has 1 amide bonds. The van der Waals surface area contributed by atoms with Crippen molar-refractivity contribution in [1.82, 2.24) is 0 Å². The van der Waals surface area contributed by atoms with Gasteiger partial charge in [0.05, 0.1) is 17.4 Å². The SMILES string of the molecule is CC1(C)CC(=O)C2=C(C1)Nc1ccccc1N(C(=O)c1ccccc1)[C@H]2/C=C/c1ccccc1. The van der Waals surface area contributed by atoms with Crippen LogP contribution < -0.4 is 10.2 Å². The molecule has 1 aliphatic heterocycles. The average Bonchev–Trinajstić information content (AvgIpc) is 2.96. The number of ketones is 1. The summed E-state index contributed by atoms with van der Waals surface area (Å²) in [5.74, 6) is -0.0518. The van der Waals surface area contributed by atoms with Crippen LogP contribution in [0.3, 0.4) is 0 Å². The molecule has 0 saturated carbocycles. The highest BCUT2D eigenvalue weighted by Gasteiger charge is 2.41. The van der Waals surface area contributed by atoms with Crippen molar-refractivity contribution in [3.8, 4) is 0 Å². The number of carbonyl (C=O) groups excluding carboxylic acids is 2. The number of allylic oxidation sites excluding steroid dienone is 1. The average molecular weight is 449 g/mol. The quantitative estimate of drug-likeness (QED) is 0.499. The number of hydrogen-bond acceptors (Lipinski definition) is 3. The van der Waals surface area contributed by atoms with Crippen molar-refractivity contribution in [3.05, 3.63) is 113 Å². The maximum absolute atomic E-state index is 14.0. The molecule has 3 aromatic rings. The van der Waals surface area contributed by atoms with Crippen LogP contribution in [0.2, 0.25) is 0 Å². The molecule has 170 valence electrons. The van der Waals surface area contributed by atoms with Crippen LogP contribution in [0, 0.1) is 5.41 Å². The summed E-state index contributed by atoms with van der Waals surface area (Å²) in [6.07, 6.45) is 5.19. The first-order chi connectivity index (χ1) is 16.4. The summed E-state index contributed by atoms with van der Waals surface area (Å²) >= 11 is 0. The number of Topliss-reactive ketones (excluding diaryl/α,β-unsaturated/α-hetero) is 1. The van der Waals surface area contributed by atoms with Gasteiger partial charge in [-0.2, -0.15) is 0 Å². The first kappa shape index (κ1) is 21.9. The Morgan fingerprint density at radius 2 is 1.56 bits per heavy atom. The highest BCUT2D eigenvalue weighted by Crippen LogP contribution is 2.44. The van der Waals surface area contributed by atoms with E-state index in [1.807, 2.05) is 97.1 Å². The number of anilines is 2. The van der Waals surface area contributed by atoms with E-state index in [-0.39, 0.29) is 17.1 Å². The van der Waals surface area contributed by atoms with Gasteiger partial charge in [0.2, 0.25) is 0 Å². The molecule has 5 rings (SSSR count). The van der Waals surface area contributed by atoms with E-state index in [1.54, 1.807) is 4.90 Å². The van der Waals surface area contributed by atoms with Crippen LogP contribution >= 0.6 is 0 Å². The van der Waals surface area contributed by atoms with E-state index in [1.165, 1.54) is 0 Å². The third-order valence-corrected chi connectivity index (χ3v) is 6.45. The van der Waals surface area contributed by atoms with Gasteiger partial charge in [-0.1, -0.05) is 86.7 Å². The number of carbonyl (C=O) groups is 2. The molecule has 0 spiro atoms. The maximum Gasteiger partial charge on any atom is 0.259 e. The van der Waals surface area contributed by atoms with Crippen molar-refractivity contribution in [1.29, 1.82) is 0 Å². The van der Waals surface area contributed by atoms with Gasteiger partial charge < -0.3 is 5.32 Å². The fraction of sp³-hybridized carbons (Fsp3) is 0.200. The Kier molecular flexibility index (Phi) is 5.66. The summed E-state index contributed by atoms with van der Waals surface area (Å²) in [5.41, 5.74) is 4.63. The van der Waals surface area contributed by atoms with Gasteiger partial charge in [0.1, 0.15) is 0 Å². The molecule has 1 aliphatic carbocycles. The molecule has 2 aliphatic rings. The molecule has 1 N–H and O–H groups in total. The summed E-state index contributed by atoms with van der Waals surface area (Å²) in [5, 5.41) is 3.54. The fourth-order valence-electron chi connectivity index (χ4n) is 4.92. The van der Waals surface area contributed by atoms with Crippen LogP contribution in [0.4, 0.5) is 11.4 Å². The minimum atomic E-state index is -0.525. The second-order valence-corrected chi connectivity index (χ2v) is 9.73. The molecule has 4 nitrogen and oxygen atoms in total. The largest absolute Gasteiger partial charge is 0.357 e. The molecule has 0 radical (unpaired) electrons. The van der Waals surface area contributed by atoms with E-state index in [9.17, 15) is 9.59 Å². The summed E-state index contributed by atoms with van der Waals surface area (Å²) in [4.78, 5) is 29.4. The Morgan fingerprint density at radius 1 is 0.912 bits per heavy atom. The van der Waals surface area contributed by atoms with Crippen LogP contribution in [-0.4, -0.2) is 17.7 Å². The molecule has 0 unspecified atom stereocenters. The molecule has 0 saturated heterocycles. The van der Waals surface area contributed by atoms with Gasteiger partial charge in [-0.15, -0.1) is 0 Å². The molecule has 0 fully saturated rings. The van der Waals surface area contributed by atoms with Crippen LogP contribution in [-0.2, 0) is 4.79 Å². The monoisotopic (exact) mass is 448 g/mol. The van der Waals surface area contributed by atoms with E-state index < -0.39 is 6.04 Å². The first-order valence-electron chi connectivity index (χ1n) is 11.7. The molecule has 0 bridgehead atoms. The topological polar surface area (TPSA) is 49.4 Å². The van der Waals surface area contributed by atoms with Crippen LogP contribution in [0.5, 0.6) is 0 Å². The lowest BCUT2D eigenvalue weighted by molar-refractivity contribution is -0.118. The summed E-state index contributed by atoms with van der Waals surface area (Å²) in [6, 6.07) is 26.5. The Balaban J connectivity index is 1.72. The Morgan fingerprint density at radius 3 is 2.29 bits per heavy atom. The van der Waals surface area contributed by atoms with Gasteiger partial charge in [0.25, 0.3) is 5.91 Å². The lowest BCUT2D eigenvalue weighted by Gasteiger charge is -2.35. The molecule has 3 aromatic carbocycles. The van der Waals surface area contributed by atoms with E-state index in [0.717, 1.165) is 29.1 Å². The van der Waals surface area contributed by atoms with Crippen molar-refractivity contribution >= 4 is 29.1 Å². The minimum Gasteiger partial charge on any atom is -0.357 e. The van der Waals surface area contributed by atoms with E-state index >= 15 is 0 Å². The van der Waals surface area contributed by atoms with E-state index in [0.29, 0.717) is 17.6 Å². The second-order valence-electron chi connectivity index (χ2n) is 9.73. The second kappa shape index (κ2) is 8.79. The first-order valence-corrected chi connectivity index (χ1v) is 11.7. The van der Waals surface area contributed by atoms with Crippen molar-refractivity contribution in [2.24, 2.45) is 5.41 Å². The molecule has 0 aromatic heterocycles. The van der Waals surface area contributed by atoms with Gasteiger partial charge in [-0.25, -0.2) is 0 Å². The molecule has 4 heteroatoms. The van der Waals surface area contributed by atoms with Gasteiger partial charge in [0, 0.05) is 23.3 Å². The summed E-state index contributed by atoms with van der Waals surface area (Å²) in [7, 11) is 0. The van der Waals surface area contributed by atoms with Gasteiger partial charge in [-0.3, -0.25) is 14.5 Å². The number of amides is 1. The van der Waals surface area contributed by atoms with Gasteiger partial charge >= 0.3 is 0 Å². The molecule has 1 atom stereocenters. The molecule has 1 heterocycles. The third kappa shape index (κ3) is 4.19. The van der Waals surface area contributed by atoms with Crippen LogP contribution in [0.25, 0.3) is 6.08 Å². The predicted molar refractivity (Wildman–Crippen MR) is 138 cm³/mol. The third-order valence-electron chi connectivity index (χ3n) is 6.45. The number of nitrogens with zero attached hydrogens (tertiary/aromatic N) is 1. The zero-order valence-corrected chi connectivity index (χ0v) is 19.5. The minimum absolute atomic E-state index is 0.0835. The smallest absolute Gasteiger partial charge is 0.259 e. The van der Waals surface area contributed by atoms with Crippen LogP contribution in [0.1, 0.15) is 42.6 Å². The fourth-order valence-corrected chi connectivity index (χ4v) is 4.92. The lowest BCUT2D eigenvalue weighted by atomic mass is 9.74. The van der Waals surface area contributed by atoms with Crippen molar-refractivity contribution in [3.63, 3.8) is 0 Å². The number of rotatable bonds is 3. The highest BCUT2D eigenvalue weighted by molar-refractivity contribution is 6.12. The van der Waals surface area contributed by atoms with Crippen molar-refractivity contribution < 1.29 is 9.59 Å². The molecular formula is C30H28N2O2. The number of nitrogens with one attached hydrogen (secondary N) is 1. The Hall–Kier alpha value is -3.92. The van der Waals surface area contributed by atoms with Crippen molar-refractivity contribution in [2.75, 3.05) is 10.2 Å². The van der Waals surface area contributed by atoms with Crippen LogP contribution in [0.15, 0.2) is 102 Å². The van der Waals surface area contributed by atoms with Crippen molar-refractivity contribution in [2.45, 2.75) is 32.7 Å². The lowest BCUT2D eigenvalue weighted by Crippen LogP contribution is -2.44. The highest BCUT2D eigenvalue weighted by atomic mass is 16.2. The molecular weight excluding hydrogens is 420 g/mol.